The minimum Gasteiger partial charge on any atom is -0.372 e. The van der Waals surface area contributed by atoms with Gasteiger partial charge in [0.05, 0.1) is 12.2 Å². The molecule has 0 aliphatic carbocycles. The van der Waals surface area contributed by atoms with Crippen LogP contribution in [0.4, 0.5) is 5.95 Å². The van der Waals surface area contributed by atoms with Gasteiger partial charge in [-0.1, -0.05) is 0 Å². The molecule has 1 aliphatic heterocycles. The van der Waals surface area contributed by atoms with Gasteiger partial charge in [0.1, 0.15) is 11.8 Å². The normalized spacial score (nSPS) is 25.2. The number of nitrogens with zero attached hydrogens (tertiary/aromatic N) is 4. The van der Waals surface area contributed by atoms with Gasteiger partial charge in [-0.15, -0.1) is 0 Å². The molecule has 2 atom stereocenters. The van der Waals surface area contributed by atoms with Crippen LogP contribution in [0.2, 0.25) is 0 Å². The van der Waals surface area contributed by atoms with E-state index in [-0.39, 0.29) is 12.2 Å². The van der Waals surface area contributed by atoms with Gasteiger partial charge in [0.25, 0.3) is 0 Å². The zero-order valence-corrected chi connectivity index (χ0v) is 9.42. The topological polar surface area (TPSA) is 62.0 Å². The van der Waals surface area contributed by atoms with E-state index in [0.29, 0.717) is 11.6 Å². The molecule has 1 aliphatic rings. The number of nitriles is 1. The maximum Gasteiger partial charge on any atom is 0.226 e. The Bertz CT molecular complexity index is 405. The molecule has 5 nitrogen and oxygen atoms in total. The van der Waals surface area contributed by atoms with Crippen LogP contribution in [-0.4, -0.2) is 35.3 Å². The largest absolute Gasteiger partial charge is 0.372 e. The van der Waals surface area contributed by atoms with Crippen LogP contribution in [0, 0.1) is 11.3 Å². The lowest BCUT2D eigenvalue weighted by Crippen LogP contribution is -2.46. The van der Waals surface area contributed by atoms with E-state index in [1.165, 1.54) is 0 Å². The van der Waals surface area contributed by atoms with Crippen LogP contribution >= 0.6 is 0 Å². The number of morpholine rings is 1. The summed E-state index contributed by atoms with van der Waals surface area (Å²) >= 11 is 0. The van der Waals surface area contributed by atoms with Gasteiger partial charge in [0.15, 0.2) is 0 Å². The Labute approximate surface area is 94.7 Å². The van der Waals surface area contributed by atoms with Gasteiger partial charge in [-0.3, -0.25) is 0 Å². The summed E-state index contributed by atoms with van der Waals surface area (Å²) in [6.45, 7) is 5.58. The van der Waals surface area contributed by atoms with Crippen LogP contribution in [0.3, 0.4) is 0 Å². The van der Waals surface area contributed by atoms with E-state index in [2.05, 4.69) is 14.9 Å². The summed E-state index contributed by atoms with van der Waals surface area (Å²) in [4.78, 5) is 10.4. The second-order valence-electron chi connectivity index (χ2n) is 4.02. The van der Waals surface area contributed by atoms with Crippen molar-refractivity contribution in [2.24, 2.45) is 0 Å². The minimum atomic E-state index is 0.165. The van der Waals surface area contributed by atoms with E-state index in [1.807, 2.05) is 19.9 Å². The van der Waals surface area contributed by atoms with Crippen LogP contribution in [-0.2, 0) is 4.74 Å². The van der Waals surface area contributed by atoms with Gasteiger partial charge in [-0.25, -0.2) is 9.97 Å². The van der Waals surface area contributed by atoms with Crippen molar-refractivity contribution < 1.29 is 4.74 Å². The summed E-state index contributed by atoms with van der Waals surface area (Å²) < 4.78 is 5.63. The lowest BCUT2D eigenvalue weighted by Gasteiger charge is -2.35. The lowest BCUT2D eigenvalue weighted by molar-refractivity contribution is -0.00572. The molecule has 16 heavy (non-hydrogen) atoms. The van der Waals surface area contributed by atoms with E-state index in [1.54, 1.807) is 12.3 Å². The number of aromatic nitrogens is 2. The molecule has 0 radical (unpaired) electrons. The molecular formula is C11H14N4O. The third-order valence-electron chi connectivity index (χ3n) is 2.46. The zero-order valence-electron chi connectivity index (χ0n) is 9.42. The highest BCUT2D eigenvalue weighted by Gasteiger charge is 2.23. The summed E-state index contributed by atoms with van der Waals surface area (Å²) in [5.74, 6) is 0.612. The SMILES string of the molecule is CC1CN(c2nccc(C#N)n2)CC(C)O1. The van der Waals surface area contributed by atoms with Crippen molar-refractivity contribution in [3.63, 3.8) is 0 Å². The fourth-order valence-electron chi connectivity index (χ4n) is 1.90. The van der Waals surface area contributed by atoms with Gasteiger partial charge in [-0.2, -0.15) is 5.26 Å². The zero-order chi connectivity index (χ0) is 11.5. The Morgan fingerprint density at radius 3 is 2.75 bits per heavy atom. The molecule has 2 heterocycles. The molecular weight excluding hydrogens is 204 g/mol. The Kier molecular flexibility index (Phi) is 3.02. The molecule has 1 aromatic rings. The van der Waals surface area contributed by atoms with E-state index in [4.69, 9.17) is 10.00 Å². The van der Waals surface area contributed by atoms with Crippen LogP contribution in [0.1, 0.15) is 19.5 Å². The molecule has 0 aromatic carbocycles. The fourth-order valence-corrected chi connectivity index (χ4v) is 1.90. The third kappa shape index (κ3) is 2.28. The summed E-state index contributed by atoms with van der Waals surface area (Å²) in [5, 5.41) is 8.78. The molecule has 84 valence electrons. The van der Waals surface area contributed by atoms with Crippen molar-refractivity contribution in [2.75, 3.05) is 18.0 Å². The minimum absolute atomic E-state index is 0.165. The van der Waals surface area contributed by atoms with Crippen molar-refractivity contribution in [1.82, 2.24) is 9.97 Å². The standard InChI is InChI=1S/C11H14N4O/c1-8-6-15(7-9(2)16-8)11-13-4-3-10(5-12)14-11/h3-4,8-9H,6-7H2,1-2H3. The first kappa shape index (κ1) is 10.8. The molecule has 2 unspecified atom stereocenters. The van der Waals surface area contributed by atoms with Gasteiger partial charge >= 0.3 is 0 Å². The Balaban J connectivity index is 2.20. The molecule has 5 heteroatoms. The van der Waals surface area contributed by atoms with E-state index in [0.717, 1.165) is 13.1 Å². The molecule has 0 spiro atoms. The van der Waals surface area contributed by atoms with E-state index >= 15 is 0 Å². The van der Waals surface area contributed by atoms with Crippen LogP contribution in [0.25, 0.3) is 0 Å². The maximum atomic E-state index is 8.78. The highest BCUT2D eigenvalue weighted by Crippen LogP contribution is 2.16. The van der Waals surface area contributed by atoms with Crippen molar-refractivity contribution in [1.29, 1.82) is 5.26 Å². The molecule has 1 fully saturated rings. The fraction of sp³-hybridized carbons (Fsp3) is 0.545. The molecule has 0 N–H and O–H groups in total. The lowest BCUT2D eigenvalue weighted by atomic mass is 10.2. The number of ether oxygens (including phenoxy) is 1. The van der Waals surface area contributed by atoms with Crippen molar-refractivity contribution >= 4 is 5.95 Å². The molecule has 1 saturated heterocycles. The summed E-state index contributed by atoms with van der Waals surface area (Å²) in [5.41, 5.74) is 0.400. The van der Waals surface area contributed by atoms with Crippen LogP contribution in [0.5, 0.6) is 0 Å². The van der Waals surface area contributed by atoms with Gasteiger partial charge in [0, 0.05) is 19.3 Å². The average molecular weight is 218 g/mol. The monoisotopic (exact) mass is 218 g/mol. The quantitative estimate of drug-likeness (QED) is 0.702. The summed E-state index contributed by atoms with van der Waals surface area (Å²) in [6, 6.07) is 3.63. The first-order valence-electron chi connectivity index (χ1n) is 5.32. The van der Waals surface area contributed by atoms with Crippen LogP contribution in [0.15, 0.2) is 12.3 Å². The molecule has 2 rings (SSSR count). The Morgan fingerprint density at radius 2 is 2.12 bits per heavy atom. The maximum absolute atomic E-state index is 8.78. The smallest absolute Gasteiger partial charge is 0.226 e. The average Bonchev–Trinajstić information content (AvgIpc) is 2.28. The van der Waals surface area contributed by atoms with Crippen molar-refractivity contribution in [3.05, 3.63) is 18.0 Å². The second kappa shape index (κ2) is 4.45. The first-order valence-corrected chi connectivity index (χ1v) is 5.32. The molecule has 0 amide bonds. The second-order valence-corrected chi connectivity index (χ2v) is 4.02. The summed E-state index contributed by atoms with van der Waals surface area (Å²) in [6.07, 6.45) is 1.95. The van der Waals surface area contributed by atoms with Crippen molar-refractivity contribution in [3.8, 4) is 6.07 Å². The Hall–Kier alpha value is -1.67. The molecule has 0 bridgehead atoms. The molecule has 0 saturated carbocycles. The van der Waals surface area contributed by atoms with Gasteiger partial charge < -0.3 is 9.64 Å². The number of anilines is 1. The van der Waals surface area contributed by atoms with E-state index in [9.17, 15) is 0 Å². The van der Waals surface area contributed by atoms with E-state index < -0.39 is 0 Å². The van der Waals surface area contributed by atoms with Gasteiger partial charge in [-0.05, 0) is 19.9 Å². The Morgan fingerprint density at radius 1 is 1.44 bits per heavy atom. The number of rotatable bonds is 1. The highest BCUT2D eigenvalue weighted by molar-refractivity contribution is 5.34. The first-order chi connectivity index (χ1) is 7.69. The third-order valence-corrected chi connectivity index (χ3v) is 2.46. The predicted octanol–water partition coefficient (Wildman–Crippen LogP) is 0.962. The number of hydrogen-bond acceptors (Lipinski definition) is 5. The molecule has 1 aromatic heterocycles. The number of hydrogen-bond donors (Lipinski definition) is 0. The highest BCUT2D eigenvalue weighted by atomic mass is 16.5. The predicted molar refractivity (Wildman–Crippen MR) is 59.0 cm³/mol. The van der Waals surface area contributed by atoms with Gasteiger partial charge in [0.2, 0.25) is 5.95 Å². The summed E-state index contributed by atoms with van der Waals surface area (Å²) in [7, 11) is 0. The van der Waals surface area contributed by atoms with Crippen molar-refractivity contribution in [2.45, 2.75) is 26.1 Å². The van der Waals surface area contributed by atoms with Crippen LogP contribution < -0.4 is 4.90 Å².